The van der Waals surface area contributed by atoms with Gasteiger partial charge in [-0.3, -0.25) is 9.59 Å². The third-order valence-corrected chi connectivity index (χ3v) is 3.97. The molecule has 6 nitrogen and oxygen atoms in total. The predicted octanol–water partition coefficient (Wildman–Crippen LogP) is 3.16. The van der Waals surface area contributed by atoms with Crippen molar-refractivity contribution in [3.05, 3.63) is 35.9 Å². The first-order chi connectivity index (χ1) is 13.0. The number of amides is 1. The van der Waals surface area contributed by atoms with Crippen molar-refractivity contribution in [2.45, 2.75) is 26.7 Å². The highest BCUT2D eigenvalue weighted by atomic mass is 16.5. The van der Waals surface area contributed by atoms with Crippen molar-refractivity contribution in [1.29, 1.82) is 0 Å². The smallest absolute Gasteiger partial charge is 0.310 e. The normalized spacial score (nSPS) is 12.0. The van der Waals surface area contributed by atoms with Gasteiger partial charge in [-0.2, -0.15) is 0 Å². The van der Waals surface area contributed by atoms with Gasteiger partial charge >= 0.3 is 5.97 Å². The summed E-state index contributed by atoms with van der Waals surface area (Å²) in [7, 11) is 2.97. The molecule has 0 bridgehead atoms. The van der Waals surface area contributed by atoms with Gasteiger partial charge in [0.25, 0.3) is 0 Å². The summed E-state index contributed by atoms with van der Waals surface area (Å²) in [4.78, 5) is 26.0. The van der Waals surface area contributed by atoms with Crippen LogP contribution in [0.2, 0.25) is 0 Å². The first-order valence-electron chi connectivity index (χ1n) is 9.29. The molecule has 0 aliphatic heterocycles. The molecule has 0 aromatic heterocycles. The Morgan fingerprint density at radius 1 is 1.19 bits per heavy atom. The van der Waals surface area contributed by atoms with E-state index in [-0.39, 0.29) is 11.9 Å². The second kappa shape index (κ2) is 12.9. The molecular weight excluding hydrogens is 346 g/mol. The van der Waals surface area contributed by atoms with Crippen LogP contribution in [0, 0.1) is 5.92 Å². The fourth-order valence-corrected chi connectivity index (χ4v) is 2.53. The van der Waals surface area contributed by atoms with Crippen LogP contribution in [0.25, 0.3) is 6.08 Å². The fraction of sp³-hybridized carbons (Fsp3) is 0.524. The average Bonchev–Trinajstić information content (AvgIpc) is 2.69. The summed E-state index contributed by atoms with van der Waals surface area (Å²) < 4.78 is 15.5. The van der Waals surface area contributed by atoms with Gasteiger partial charge in [0, 0.05) is 38.4 Å². The van der Waals surface area contributed by atoms with Gasteiger partial charge in [0.15, 0.2) is 0 Å². The zero-order valence-corrected chi connectivity index (χ0v) is 16.8. The van der Waals surface area contributed by atoms with E-state index in [4.69, 9.17) is 14.2 Å². The molecule has 1 atom stereocenters. The minimum Gasteiger partial charge on any atom is -0.493 e. The van der Waals surface area contributed by atoms with Crippen molar-refractivity contribution in [1.82, 2.24) is 4.90 Å². The number of hydrogen-bond donors (Lipinski definition) is 0. The van der Waals surface area contributed by atoms with Gasteiger partial charge in [0.2, 0.25) is 5.91 Å². The van der Waals surface area contributed by atoms with Crippen LogP contribution < -0.4 is 4.74 Å². The quantitative estimate of drug-likeness (QED) is 0.318. The Labute approximate surface area is 162 Å². The minimum atomic E-state index is -0.393. The predicted molar refractivity (Wildman–Crippen MR) is 106 cm³/mol. The van der Waals surface area contributed by atoms with Crippen LogP contribution in [0.15, 0.2) is 30.3 Å². The Bertz CT molecular complexity index is 614. The number of methoxy groups -OCH3 is 2. The van der Waals surface area contributed by atoms with Crippen LogP contribution in [0.1, 0.15) is 32.3 Å². The van der Waals surface area contributed by atoms with Gasteiger partial charge in [-0.15, -0.1) is 0 Å². The number of carbonyl (C=O) groups is 2. The molecule has 0 N–H and O–H groups in total. The van der Waals surface area contributed by atoms with E-state index in [2.05, 4.69) is 0 Å². The zero-order valence-electron chi connectivity index (χ0n) is 16.8. The number of nitrogens with zero attached hydrogens (tertiary/aromatic N) is 1. The topological polar surface area (TPSA) is 65.1 Å². The number of benzene rings is 1. The monoisotopic (exact) mass is 377 g/mol. The van der Waals surface area contributed by atoms with E-state index in [1.54, 1.807) is 25.0 Å². The Hall–Kier alpha value is -2.34. The Kier molecular flexibility index (Phi) is 10.9. The lowest BCUT2D eigenvalue weighted by atomic mass is 10.1. The summed E-state index contributed by atoms with van der Waals surface area (Å²) in [6.07, 6.45) is 4.88. The second-order valence-corrected chi connectivity index (χ2v) is 6.27. The van der Waals surface area contributed by atoms with Crippen molar-refractivity contribution in [2.24, 2.45) is 5.92 Å². The largest absolute Gasteiger partial charge is 0.493 e. The highest BCUT2D eigenvalue weighted by molar-refractivity contribution is 5.92. The van der Waals surface area contributed by atoms with Crippen LogP contribution in [0.3, 0.4) is 0 Å². The summed E-state index contributed by atoms with van der Waals surface area (Å²) >= 11 is 0. The first kappa shape index (κ1) is 22.7. The third-order valence-electron chi connectivity index (χ3n) is 3.97. The maximum absolute atomic E-state index is 12.7. The molecule has 0 saturated heterocycles. The summed E-state index contributed by atoms with van der Waals surface area (Å²) in [6, 6.07) is 7.59. The molecule has 1 unspecified atom stereocenters. The number of hydrogen-bond acceptors (Lipinski definition) is 5. The highest BCUT2D eigenvalue weighted by Crippen LogP contribution is 2.20. The molecule has 1 rings (SSSR count). The molecule has 0 aliphatic rings. The lowest BCUT2D eigenvalue weighted by molar-refractivity contribution is -0.146. The second-order valence-electron chi connectivity index (χ2n) is 6.27. The average molecular weight is 377 g/mol. The standard InChI is InChI=1S/C21H31NO5/c1-5-14-27-19-10-7-6-9-18(19)11-12-20(23)22(13-8-15-25-3)16-17(2)21(24)26-4/h6-7,9-12,17H,5,8,13-16H2,1-4H3/b12-11+. The molecule has 1 aromatic carbocycles. The summed E-state index contributed by atoms with van der Waals surface area (Å²) in [6.45, 7) is 5.77. The minimum absolute atomic E-state index is 0.160. The number of ether oxygens (including phenoxy) is 3. The maximum Gasteiger partial charge on any atom is 0.310 e. The van der Waals surface area contributed by atoms with Crippen LogP contribution in [-0.4, -0.2) is 57.3 Å². The van der Waals surface area contributed by atoms with Crippen LogP contribution >= 0.6 is 0 Å². The van der Waals surface area contributed by atoms with Gasteiger partial charge in [0.1, 0.15) is 5.75 Å². The van der Waals surface area contributed by atoms with Gasteiger partial charge in [-0.05, 0) is 25.0 Å². The Morgan fingerprint density at radius 2 is 1.93 bits per heavy atom. The maximum atomic E-state index is 12.7. The van der Waals surface area contributed by atoms with E-state index < -0.39 is 5.92 Å². The zero-order chi connectivity index (χ0) is 20.1. The van der Waals surface area contributed by atoms with E-state index in [1.807, 2.05) is 31.2 Å². The molecule has 0 spiro atoms. The third kappa shape index (κ3) is 8.26. The fourth-order valence-electron chi connectivity index (χ4n) is 2.53. The first-order valence-corrected chi connectivity index (χ1v) is 9.29. The van der Waals surface area contributed by atoms with Gasteiger partial charge in [-0.1, -0.05) is 32.0 Å². The van der Waals surface area contributed by atoms with Crippen molar-refractivity contribution >= 4 is 18.0 Å². The van der Waals surface area contributed by atoms with E-state index in [9.17, 15) is 9.59 Å². The SMILES string of the molecule is CCCOc1ccccc1/C=C/C(=O)N(CCCOC)CC(C)C(=O)OC. The van der Waals surface area contributed by atoms with Gasteiger partial charge < -0.3 is 19.1 Å². The van der Waals surface area contributed by atoms with Crippen molar-refractivity contribution in [2.75, 3.05) is 40.5 Å². The van der Waals surface area contributed by atoms with Gasteiger partial charge in [-0.25, -0.2) is 0 Å². The Morgan fingerprint density at radius 3 is 2.59 bits per heavy atom. The number of rotatable bonds is 12. The highest BCUT2D eigenvalue weighted by Gasteiger charge is 2.20. The van der Waals surface area contributed by atoms with E-state index in [0.29, 0.717) is 32.7 Å². The number of para-hydroxylation sites is 1. The molecule has 0 fully saturated rings. The number of esters is 1. The van der Waals surface area contributed by atoms with Crippen molar-refractivity contribution in [3.63, 3.8) is 0 Å². The summed E-state index contributed by atoms with van der Waals surface area (Å²) in [5.41, 5.74) is 0.845. The molecule has 27 heavy (non-hydrogen) atoms. The summed E-state index contributed by atoms with van der Waals surface area (Å²) in [5.74, 6) is -0.138. The molecule has 150 valence electrons. The molecule has 6 heteroatoms. The molecule has 0 saturated carbocycles. The molecule has 0 radical (unpaired) electrons. The summed E-state index contributed by atoms with van der Waals surface area (Å²) in [5, 5.41) is 0. The van der Waals surface area contributed by atoms with Crippen molar-refractivity contribution < 1.29 is 23.8 Å². The Balaban J connectivity index is 2.85. The molecule has 1 aromatic rings. The molecule has 0 aliphatic carbocycles. The van der Waals surface area contributed by atoms with Gasteiger partial charge in [0.05, 0.1) is 19.6 Å². The lowest BCUT2D eigenvalue weighted by Crippen LogP contribution is -2.37. The van der Waals surface area contributed by atoms with Crippen LogP contribution in [0.4, 0.5) is 0 Å². The van der Waals surface area contributed by atoms with Crippen molar-refractivity contribution in [3.8, 4) is 5.75 Å². The molecule has 1 amide bonds. The van der Waals surface area contributed by atoms with E-state index in [1.165, 1.54) is 13.2 Å². The molecular formula is C21H31NO5. The number of carbonyl (C=O) groups excluding carboxylic acids is 2. The van der Waals surface area contributed by atoms with E-state index in [0.717, 1.165) is 17.7 Å². The van der Waals surface area contributed by atoms with Crippen LogP contribution in [-0.2, 0) is 19.1 Å². The van der Waals surface area contributed by atoms with Crippen LogP contribution in [0.5, 0.6) is 5.75 Å². The molecule has 0 heterocycles. The lowest BCUT2D eigenvalue weighted by Gasteiger charge is -2.23. The van der Waals surface area contributed by atoms with E-state index >= 15 is 0 Å².